The molecule has 1 unspecified atom stereocenters. The molecule has 0 saturated carbocycles. The number of nitrogens with two attached hydrogens (primary N) is 1. The zero-order valence-corrected chi connectivity index (χ0v) is 13.5. The third-order valence-electron chi connectivity index (χ3n) is 3.10. The molecule has 0 bridgehead atoms. The number of anilines is 1. The lowest BCUT2D eigenvalue weighted by molar-refractivity contribution is 0.675. The second kappa shape index (κ2) is 5.46. The monoisotopic (exact) mass is 341 g/mol. The van der Waals surface area contributed by atoms with E-state index in [0.717, 1.165) is 26.3 Å². The Morgan fingerprint density at radius 2 is 2.11 bits per heavy atom. The number of nitrogens with zero attached hydrogens (tertiary/aromatic N) is 2. The number of aromatic nitrogens is 2. The van der Waals surface area contributed by atoms with Crippen LogP contribution in [0.25, 0.3) is 0 Å². The molecular formula is C13H16BrN3OS. The number of hydrogen-bond acceptors (Lipinski definition) is 3. The Balaban J connectivity index is 2.34. The first-order chi connectivity index (χ1) is 8.91. The minimum Gasteiger partial charge on any atom is -0.398 e. The van der Waals surface area contributed by atoms with Gasteiger partial charge in [-0.15, -0.1) is 0 Å². The van der Waals surface area contributed by atoms with Crippen LogP contribution >= 0.6 is 15.9 Å². The fourth-order valence-corrected chi connectivity index (χ4v) is 4.00. The molecule has 6 heteroatoms. The molecule has 2 rings (SSSR count). The maximum absolute atomic E-state index is 12.5. The van der Waals surface area contributed by atoms with Crippen molar-refractivity contribution in [3.8, 4) is 0 Å². The minimum absolute atomic E-state index is 0.419. The highest BCUT2D eigenvalue weighted by atomic mass is 79.9. The van der Waals surface area contributed by atoms with Crippen LogP contribution in [0.1, 0.15) is 17.0 Å². The van der Waals surface area contributed by atoms with E-state index in [1.165, 1.54) is 0 Å². The molecule has 0 aliphatic rings. The number of hydrogen-bond donors (Lipinski definition) is 1. The molecule has 0 aliphatic heterocycles. The van der Waals surface area contributed by atoms with Gasteiger partial charge in [0.25, 0.3) is 0 Å². The van der Waals surface area contributed by atoms with Crippen LogP contribution in [0.15, 0.2) is 27.6 Å². The molecule has 1 heterocycles. The third-order valence-corrected chi connectivity index (χ3v) is 5.60. The summed E-state index contributed by atoms with van der Waals surface area (Å²) in [6.45, 7) is 3.81. The van der Waals surface area contributed by atoms with Crippen LogP contribution in [0.5, 0.6) is 0 Å². The van der Waals surface area contributed by atoms with Crippen LogP contribution in [0.3, 0.4) is 0 Å². The van der Waals surface area contributed by atoms with E-state index in [4.69, 9.17) is 5.73 Å². The standard InChI is InChI=1S/C13H16BrN3OS/c1-8-10(15)5-4-6-12(8)19(18)7-11-13(14)9(2)16-17(11)3/h4-6H,7,15H2,1-3H3. The van der Waals surface area contributed by atoms with Gasteiger partial charge in [-0.05, 0) is 47.5 Å². The number of aryl methyl sites for hydroxylation is 2. The van der Waals surface area contributed by atoms with Crippen LogP contribution in [-0.2, 0) is 23.6 Å². The zero-order valence-electron chi connectivity index (χ0n) is 11.1. The van der Waals surface area contributed by atoms with Crippen molar-refractivity contribution >= 4 is 32.4 Å². The molecule has 0 spiro atoms. The molecule has 19 heavy (non-hydrogen) atoms. The van der Waals surface area contributed by atoms with E-state index >= 15 is 0 Å². The predicted octanol–water partition coefficient (Wildman–Crippen LogP) is 2.69. The number of benzene rings is 1. The largest absolute Gasteiger partial charge is 0.398 e. The normalized spacial score (nSPS) is 12.6. The molecular weight excluding hydrogens is 326 g/mol. The quantitative estimate of drug-likeness (QED) is 0.873. The van der Waals surface area contributed by atoms with E-state index in [9.17, 15) is 4.21 Å². The lowest BCUT2D eigenvalue weighted by Gasteiger charge is -2.08. The zero-order chi connectivity index (χ0) is 14.2. The average molecular weight is 342 g/mol. The van der Waals surface area contributed by atoms with Gasteiger partial charge < -0.3 is 5.73 Å². The Labute approximate surface area is 123 Å². The van der Waals surface area contributed by atoms with Crippen molar-refractivity contribution in [3.05, 3.63) is 39.6 Å². The Morgan fingerprint density at radius 3 is 2.68 bits per heavy atom. The first kappa shape index (κ1) is 14.3. The maximum Gasteiger partial charge on any atom is 0.0738 e. The number of nitrogen functional groups attached to an aromatic ring is 1. The Hall–Kier alpha value is -1.14. The Morgan fingerprint density at radius 1 is 1.42 bits per heavy atom. The minimum atomic E-state index is -1.13. The highest BCUT2D eigenvalue weighted by Crippen LogP contribution is 2.25. The molecule has 4 nitrogen and oxygen atoms in total. The van der Waals surface area contributed by atoms with Gasteiger partial charge in [-0.3, -0.25) is 8.89 Å². The van der Waals surface area contributed by atoms with Crippen LogP contribution in [-0.4, -0.2) is 14.0 Å². The van der Waals surface area contributed by atoms with Crippen LogP contribution in [0.2, 0.25) is 0 Å². The summed E-state index contributed by atoms with van der Waals surface area (Å²) < 4.78 is 15.2. The molecule has 1 atom stereocenters. The summed E-state index contributed by atoms with van der Waals surface area (Å²) in [6.07, 6.45) is 0. The summed E-state index contributed by atoms with van der Waals surface area (Å²) in [5.41, 5.74) is 9.24. The van der Waals surface area contributed by atoms with E-state index in [1.54, 1.807) is 4.68 Å². The van der Waals surface area contributed by atoms with Crippen LogP contribution < -0.4 is 5.73 Å². The van der Waals surface area contributed by atoms with Crippen LogP contribution in [0.4, 0.5) is 5.69 Å². The fraction of sp³-hybridized carbons (Fsp3) is 0.308. The first-order valence-corrected chi connectivity index (χ1v) is 7.94. The van der Waals surface area contributed by atoms with Gasteiger partial charge >= 0.3 is 0 Å². The molecule has 1 aromatic heterocycles. The summed E-state index contributed by atoms with van der Waals surface area (Å²) in [4.78, 5) is 0.783. The topological polar surface area (TPSA) is 60.9 Å². The summed E-state index contributed by atoms with van der Waals surface area (Å²) in [5.74, 6) is 0.419. The number of rotatable bonds is 3. The SMILES string of the molecule is Cc1nn(C)c(CS(=O)c2cccc(N)c2C)c1Br. The van der Waals surface area contributed by atoms with E-state index in [1.807, 2.05) is 39.1 Å². The lowest BCUT2D eigenvalue weighted by Crippen LogP contribution is -2.05. The van der Waals surface area contributed by atoms with Gasteiger partial charge in [0.2, 0.25) is 0 Å². The highest BCUT2D eigenvalue weighted by Gasteiger charge is 2.16. The molecule has 0 aliphatic carbocycles. The average Bonchev–Trinajstić information content (AvgIpc) is 2.59. The van der Waals surface area contributed by atoms with Crippen molar-refractivity contribution in [2.45, 2.75) is 24.5 Å². The third kappa shape index (κ3) is 2.74. The van der Waals surface area contributed by atoms with Crippen molar-refractivity contribution in [2.24, 2.45) is 7.05 Å². The van der Waals surface area contributed by atoms with Gasteiger partial charge in [0.15, 0.2) is 0 Å². The highest BCUT2D eigenvalue weighted by molar-refractivity contribution is 9.10. The van der Waals surface area contributed by atoms with Gasteiger partial charge in [0.1, 0.15) is 0 Å². The van der Waals surface area contributed by atoms with Crippen molar-refractivity contribution in [1.82, 2.24) is 9.78 Å². The van der Waals surface area contributed by atoms with Gasteiger partial charge in [-0.1, -0.05) is 6.07 Å². The van der Waals surface area contributed by atoms with Gasteiger partial charge in [-0.2, -0.15) is 5.10 Å². The predicted molar refractivity (Wildman–Crippen MR) is 81.3 cm³/mol. The Kier molecular flexibility index (Phi) is 4.10. The number of halogens is 1. The summed E-state index contributed by atoms with van der Waals surface area (Å²) in [6, 6.07) is 5.51. The van der Waals surface area contributed by atoms with Gasteiger partial charge in [-0.25, -0.2) is 0 Å². The molecule has 2 N–H and O–H groups in total. The summed E-state index contributed by atoms with van der Waals surface area (Å²) >= 11 is 3.49. The molecule has 0 radical (unpaired) electrons. The van der Waals surface area contributed by atoms with E-state index in [2.05, 4.69) is 21.0 Å². The summed E-state index contributed by atoms with van der Waals surface area (Å²) in [7, 11) is 0.723. The molecule has 2 aromatic rings. The van der Waals surface area contributed by atoms with Crippen molar-refractivity contribution in [1.29, 1.82) is 0 Å². The second-order valence-corrected chi connectivity index (χ2v) is 6.64. The van der Waals surface area contributed by atoms with Gasteiger partial charge in [0, 0.05) is 17.6 Å². The summed E-state index contributed by atoms with van der Waals surface area (Å²) in [5, 5.41) is 4.31. The second-order valence-electron chi connectivity index (χ2n) is 4.43. The van der Waals surface area contributed by atoms with Crippen molar-refractivity contribution in [2.75, 3.05) is 5.73 Å². The fourth-order valence-electron chi connectivity index (χ4n) is 1.92. The molecule has 102 valence electrons. The molecule has 1 aromatic carbocycles. The smallest absolute Gasteiger partial charge is 0.0738 e. The maximum atomic E-state index is 12.5. The van der Waals surface area contributed by atoms with Gasteiger partial charge in [0.05, 0.1) is 32.4 Å². The molecule has 0 saturated heterocycles. The first-order valence-electron chi connectivity index (χ1n) is 5.83. The Bertz CT molecular complexity index is 652. The van der Waals surface area contributed by atoms with E-state index < -0.39 is 10.8 Å². The van der Waals surface area contributed by atoms with Crippen molar-refractivity contribution in [3.63, 3.8) is 0 Å². The van der Waals surface area contributed by atoms with Crippen molar-refractivity contribution < 1.29 is 4.21 Å². The molecule has 0 amide bonds. The van der Waals surface area contributed by atoms with E-state index in [0.29, 0.717) is 11.4 Å². The van der Waals surface area contributed by atoms with E-state index in [-0.39, 0.29) is 0 Å². The lowest BCUT2D eigenvalue weighted by atomic mass is 10.2. The molecule has 0 fully saturated rings. The van der Waals surface area contributed by atoms with Crippen LogP contribution in [0, 0.1) is 13.8 Å².